The summed E-state index contributed by atoms with van der Waals surface area (Å²) in [6.07, 6.45) is 0.903. The lowest BCUT2D eigenvalue weighted by atomic mass is 9.97. The fourth-order valence-corrected chi connectivity index (χ4v) is 1.75. The van der Waals surface area contributed by atoms with Gasteiger partial charge in [0.15, 0.2) is 0 Å². The van der Waals surface area contributed by atoms with Crippen molar-refractivity contribution >= 4 is 0 Å². The van der Waals surface area contributed by atoms with Crippen molar-refractivity contribution in [2.75, 3.05) is 20.1 Å². The van der Waals surface area contributed by atoms with E-state index in [1.54, 1.807) is 0 Å². The van der Waals surface area contributed by atoms with Crippen molar-refractivity contribution in [3.63, 3.8) is 0 Å². The molecule has 1 heterocycles. The van der Waals surface area contributed by atoms with E-state index < -0.39 is 0 Å². The first-order chi connectivity index (χ1) is 8.02. The third kappa shape index (κ3) is 4.62. The number of furan rings is 1. The van der Waals surface area contributed by atoms with Gasteiger partial charge in [-0.1, -0.05) is 13.8 Å². The summed E-state index contributed by atoms with van der Waals surface area (Å²) in [5.41, 5.74) is 0. The summed E-state index contributed by atoms with van der Waals surface area (Å²) in [4.78, 5) is 2.20. The maximum atomic E-state index is 9.04. The number of nitriles is 1. The van der Waals surface area contributed by atoms with Crippen LogP contribution < -0.4 is 0 Å². The van der Waals surface area contributed by atoms with Gasteiger partial charge in [0.25, 0.3) is 0 Å². The Kier molecular flexibility index (Phi) is 5.24. The van der Waals surface area contributed by atoms with Crippen molar-refractivity contribution < 1.29 is 4.42 Å². The van der Waals surface area contributed by atoms with Gasteiger partial charge >= 0.3 is 0 Å². The number of nitrogens with zero attached hydrogens (tertiary/aromatic N) is 2. The molecule has 0 N–H and O–H groups in total. The van der Waals surface area contributed by atoms with E-state index in [0.29, 0.717) is 5.92 Å². The van der Waals surface area contributed by atoms with Gasteiger partial charge in [0.2, 0.25) is 0 Å². The van der Waals surface area contributed by atoms with Crippen molar-refractivity contribution in [2.45, 2.75) is 27.2 Å². The zero-order chi connectivity index (χ0) is 12.8. The molecule has 0 bridgehead atoms. The molecule has 0 amide bonds. The minimum absolute atomic E-state index is 0.110. The predicted molar refractivity (Wildman–Crippen MR) is 68.6 cm³/mol. The third-order valence-corrected chi connectivity index (χ3v) is 3.01. The van der Waals surface area contributed by atoms with Crippen molar-refractivity contribution in [3.8, 4) is 6.07 Å². The van der Waals surface area contributed by atoms with E-state index in [2.05, 4.69) is 31.9 Å². The summed E-state index contributed by atoms with van der Waals surface area (Å²) in [5.74, 6) is 2.50. The van der Waals surface area contributed by atoms with Crippen molar-refractivity contribution in [1.82, 2.24) is 4.90 Å². The smallest absolute Gasteiger partial charge is 0.105 e. The summed E-state index contributed by atoms with van der Waals surface area (Å²) in [5, 5.41) is 9.04. The maximum absolute atomic E-state index is 9.04. The van der Waals surface area contributed by atoms with Gasteiger partial charge in [-0.15, -0.1) is 0 Å². The molecule has 1 aromatic rings. The van der Waals surface area contributed by atoms with Crippen LogP contribution in [0.5, 0.6) is 0 Å². The highest BCUT2D eigenvalue weighted by Gasteiger charge is 2.14. The standard InChI is InChI=1S/C14H22N2O/c1-11(2)13(9-15)10-16(4)8-7-14-6-5-12(3)17-14/h5-6,11,13H,7-8,10H2,1-4H3. The fraction of sp³-hybridized carbons (Fsp3) is 0.643. The minimum atomic E-state index is 0.110. The second-order valence-corrected chi connectivity index (χ2v) is 5.00. The Morgan fingerprint density at radius 3 is 2.59 bits per heavy atom. The highest BCUT2D eigenvalue weighted by Crippen LogP contribution is 2.12. The number of rotatable bonds is 6. The van der Waals surface area contributed by atoms with E-state index in [4.69, 9.17) is 9.68 Å². The highest BCUT2D eigenvalue weighted by molar-refractivity contribution is 5.05. The van der Waals surface area contributed by atoms with Crippen LogP contribution in [-0.4, -0.2) is 25.0 Å². The van der Waals surface area contributed by atoms with E-state index in [9.17, 15) is 0 Å². The lowest BCUT2D eigenvalue weighted by Crippen LogP contribution is -2.29. The summed E-state index contributed by atoms with van der Waals surface area (Å²) >= 11 is 0. The number of hydrogen-bond acceptors (Lipinski definition) is 3. The van der Waals surface area contributed by atoms with E-state index in [0.717, 1.165) is 31.0 Å². The third-order valence-electron chi connectivity index (χ3n) is 3.01. The Balaban J connectivity index is 2.35. The fourth-order valence-electron chi connectivity index (χ4n) is 1.75. The van der Waals surface area contributed by atoms with E-state index in [1.807, 2.05) is 19.1 Å². The van der Waals surface area contributed by atoms with Gasteiger partial charge in [-0.05, 0) is 32.0 Å². The van der Waals surface area contributed by atoms with Crippen LogP contribution >= 0.6 is 0 Å². The molecule has 3 nitrogen and oxygen atoms in total. The van der Waals surface area contributed by atoms with Crippen LogP contribution in [0.3, 0.4) is 0 Å². The summed E-state index contributed by atoms with van der Waals surface area (Å²) in [6, 6.07) is 6.38. The molecule has 0 spiro atoms. The molecule has 0 radical (unpaired) electrons. The Hall–Kier alpha value is -1.27. The molecule has 0 aliphatic rings. The Bertz CT molecular complexity index is 376. The second-order valence-electron chi connectivity index (χ2n) is 5.00. The normalized spacial score (nSPS) is 13.0. The first kappa shape index (κ1) is 13.8. The van der Waals surface area contributed by atoms with Crippen LogP contribution in [-0.2, 0) is 6.42 Å². The molecule has 0 aromatic carbocycles. The molecule has 0 fully saturated rings. The van der Waals surface area contributed by atoms with E-state index in [-0.39, 0.29) is 5.92 Å². The number of aryl methyl sites for hydroxylation is 1. The molecule has 0 saturated heterocycles. The molecule has 3 heteroatoms. The van der Waals surface area contributed by atoms with Crippen molar-refractivity contribution in [2.24, 2.45) is 11.8 Å². The Morgan fingerprint density at radius 1 is 1.41 bits per heavy atom. The molecule has 94 valence electrons. The van der Waals surface area contributed by atoms with Gasteiger partial charge in [0.05, 0.1) is 12.0 Å². The first-order valence-corrected chi connectivity index (χ1v) is 6.16. The van der Waals surface area contributed by atoms with Crippen LogP contribution in [0.15, 0.2) is 16.5 Å². The largest absolute Gasteiger partial charge is 0.466 e. The van der Waals surface area contributed by atoms with Gasteiger partial charge in [-0.3, -0.25) is 0 Å². The molecular formula is C14H22N2O. The van der Waals surface area contributed by atoms with Gasteiger partial charge < -0.3 is 9.32 Å². The molecule has 1 aromatic heterocycles. The van der Waals surface area contributed by atoms with Crippen molar-refractivity contribution in [3.05, 3.63) is 23.7 Å². The predicted octanol–water partition coefficient (Wildman–Crippen LogP) is 2.86. The van der Waals surface area contributed by atoms with Crippen LogP contribution in [0.1, 0.15) is 25.4 Å². The zero-order valence-electron chi connectivity index (χ0n) is 11.2. The minimum Gasteiger partial charge on any atom is -0.466 e. The van der Waals surface area contributed by atoms with Gasteiger partial charge in [-0.2, -0.15) is 5.26 Å². The number of hydrogen-bond donors (Lipinski definition) is 0. The molecule has 0 aliphatic carbocycles. The quantitative estimate of drug-likeness (QED) is 0.760. The highest BCUT2D eigenvalue weighted by atomic mass is 16.3. The first-order valence-electron chi connectivity index (χ1n) is 6.16. The van der Waals surface area contributed by atoms with Gasteiger partial charge in [-0.25, -0.2) is 0 Å². The van der Waals surface area contributed by atoms with Crippen LogP contribution in [0.4, 0.5) is 0 Å². The zero-order valence-corrected chi connectivity index (χ0v) is 11.2. The number of likely N-dealkylation sites (N-methyl/N-ethyl adjacent to an activating group) is 1. The molecule has 0 saturated carbocycles. The Labute approximate surface area is 104 Å². The van der Waals surface area contributed by atoms with Crippen LogP contribution in [0.2, 0.25) is 0 Å². The molecule has 1 atom stereocenters. The molecule has 0 aliphatic heterocycles. The lowest BCUT2D eigenvalue weighted by molar-refractivity contribution is 0.269. The average molecular weight is 234 g/mol. The molecule has 1 rings (SSSR count). The van der Waals surface area contributed by atoms with Gasteiger partial charge in [0.1, 0.15) is 11.5 Å². The summed E-state index contributed by atoms with van der Waals surface area (Å²) < 4.78 is 5.52. The van der Waals surface area contributed by atoms with Crippen molar-refractivity contribution in [1.29, 1.82) is 5.26 Å². The molecule has 17 heavy (non-hydrogen) atoms. The topological polar surface area (TPSA) is 40.2 Å². The lowest BCUT2D eigenvalue weighted by Gasteiger charge is -2.21. The Morgan fingerprint density at radius 2 is 2.12 bits per heavy atom. The van der Waals surface area contributed by atoms with Crippen LogP contribution in [0, 0.1) is 30.1 Å². The average Bonchev–Trinajstić information content (AvgIpc) is 2.68. The van der Waals surface area contributed by atoms with E-state index in [1.165, 1.54) is 0 Å². The summed E-state index contributed by atoms with van der Waals surface area (Å²) in [7, 11) is 2.06. The maximum Gasteiger partial charge on any atom is 0.105 e. The summed E-state index contributed by atoms with van der Waals surface area (Å²) in [6.45, 7) is 7.90. The monoisotopic (exact) mass is 234 g/mol. The van der Waals surface area contributed by atoms with Crippen LogP contribution in [0.25, 0.3) is 0 Å². The van der Waals surface area contributed by atoms with E-state index >= 15 is 0 Å². The second kappa shape index (κ2) is 6.46. The van der Waals surface area contributed by atoms with Gasteiger partial charge in [0, 0.05) is 19.5 Å². The molecule has 1 unspecified atom stereocenters. The SMILES string of the molecule is Cc1ccc(CCN(C)CC(C#N)C(C)C)o1. The molecular weight excluding hydrogens is 212 g/mol.